The molecule has 0 aromatic heterocycles. The van der Waals surface area contributed by atoms with Gasteiger partial charge < -0.3 is 10.1 Å². The van der Waals surface area contributed by atoms with Crippen LogP contribution in [0.3, 0.4) is 0 Å². The van der Waals surface area contributed by atoms with E-state index in [1.165, 1.54) is 10.5 Å². The van der Waals surface area contributed by atoms with Gasteiger partial charge in [0.05, 0.1) is 12.2 Å². The van der Waals surface area contributed by atoms with Gasteiger partial charge in [0.1, 0.15) is 11.4 Å². The third kappa shape index (κ3) is 4.56. The van der Waals surface area contributed by atoms with Gasteiger partial charge in [-0.05, 0) is 61.6 Å². The van der Waals surface area contributed by atoms with Crippen LogP contribution in [0, 0.1) is 5.92 Å². The van der Waals surface area contributed by atoms with E-state index in [1.807, 2.05) is 62.4 Å². The number of rotatable bonds is 8. The van der Waals surface area contributed by atoms with E-state index < -0.39 is 0 Å². The number of imide groups is 1. The van der Waals surface area contributed by atoms with E-state index in [2.05, 4.69) is 26.1 Å². The van der Waals surface area contributed by atoms with Crippen LogP contribution in [0.2, 0.25) is 0 Å². The molecule has 0 saturated heterocycles. The molecule has 1 heterocycles. The van der Waals surface area contributed by atoms with E-state index in [-0.39, 0.29) is 17.9 Å². The van der Waals surface area contributed by atoms with E-state index in [9.17, 15) is 9.59 Å². The van der Waals surface area contributed by atoms with Crippen molar-refractivity contribution in [3.05, 3.63) is 65.4 Å². The van der Waals surface area contributed by atoms with Crippen LogP contribution >= 0.6 is 0 Å². The zero-order chi connectivity index (χ0) is 21.8. The Labute approximate surface area is 178 Å². The Bertz CT molecular complexity index is 941. The van der Waals surface area contributed by atoms with Crippen molar-refractivity contribution in [1.82, 2.24) is 4.90 Å². The number of amides is 2. The van der Waals surface area contributed by atoms with Gasteiger partial charge in [0, 0.05) is 11.7 Å². The molecule has 0 saturated carbocycles. The van der Waals surface area contributed by atoms with Crippen LogP contribution in [0.25, 0.3) is 5.57 Å². The van der Waals surface area contributed by atoms with E-state index in [0.29, 0.717) is 29.4 Å². The van der Waals surface area contributed by atoms with Crippen LogP contribution in [0.1, 0.15) is 45.7 Å². The predicted octanol–water partition coefficient (Wildman–Crippen LogP) is 4.88. The van der Waals surface area contributed by atoms with E-state index in [0.717, 1.165) is 17.9 Å². The Morgan fingerprint density at radius 3 is 2.07 bits per heavy atom. The summed E-state index contributed by atoms with van der Waals surface area (Å²) in [6, 6.07) is 15.0. The molecule has 5 nitrogen and oxygen atoms in total. The highest BCUT2D eigenvalue weighted by atomic mass is 16.5. The smallest absolute Gasteiger partial charge is 0.278 e. The van der Waals surface area contributed by atoms with Crippen LogP contribution in [0.5, 0.6) is 5.75 Å². The van der Waals surface area contributed by atoms with Gasteiger partial charge >= 0.3 is 0 Å². The fourth-order valence-corrected chi connectivity index (χ4v) is 3.35. The molecule has 0 unspecified atom stereocenters. The van der Waals surface area contributed by atoms with Gasteiger partial charge in [-0.15, -0.1) is 0 Å². The van der Waals surface area contributed by atoms with Crippen molar-refractivity contribution >= 4 is 23.1 Å². The van der Waals surface area contributed by atoms with Crippen molar-refractivity contribution in [2.45, 2.75) is 47.1 Å². The molecule has 1 aliphatic rings. The summed E-state index contributed by atoms with van der Waals surface area (Å²) >= 11 is 0. The number of hydrogen-bond acceptors (Lipinski definition) is 4. The molecule has 0 radical (unpaired) electrons. The molecule has 0 fully saturated rings. The Balaban J connectivity index is 1.96. The molecule has 2 amide bonds. The van der Waals surface area contributed by atoms with Crippen LogP contribution in [-0.2, 0) is 16.0 Å². The zero-order valence-corrected chi connectivity index (χ0v) is 18.4. The number of hydrogen-bond donors (Lipinski definition) is 1. The minimum absolute atomic E-state index is 0.226. The lowest BCUT2D eigenvalue weighted by Crippen LogP contribution is -2.38. The van der Waals surface area contributed by atoms with Gasteiger partial charge in [0.2, 0.25) is 0 Å². The van der Waals surface area contributed by atoms with Crippen LogP contribution < -0.4 is 10.1 Å². The molecule has 0 bridgehead atoms. The number of nitrogens with zero attached hydrogens (tertiary/aromatic N) is 1. The van der Waals surface area contributed by atoms with Crippen molar-refractivity contribution in [2.24, 2.45) is 5.92 Å². The molecule has 1 N–H and O–H groups in total. The third-order valence-corrected chi connectivity index (χ3v) is 4.99. The number of carbonyl (C=O) groups is 2. The van der Waals surface area contributed by atoms with Gasteiger partial charge in [-0.1, -0.05) is 45.0 Å². The maximum atomic E-state index is 13.1. The highest BCUT2D eigenvalue weighted by Crippen LogP contribution is 2.32. The number of anilines is 1. The molecule has 0 spiro atoms. The fourth-order valence-electron chi connectivity index (χ4n) is 3.35. The average Bonchev–Trinajstić information content (AvgIpc) is 2.97. The lowest BCUT2D eigenvalue weighted by atomic mass is 10.0. The van der Waals surface area contributed by atoms with Crippen LogP contribution in [0.4, 0.5) is 5.69 Å². The third-order valence-electron chi connectivity index (χ3n) is 4.99. The average molecular weight is 407 g/mol. The SMILES string of the molecule is CCc1ccc(NC2=C(c3ccc(OCC(C)C)cc3)C(=O)N(C(C)C)C2=O)cc1. The van der Waals surface area contributed by atoms with E-state index >= 15 is 0 Å². The van der Waals surface area contributed by atoms with Crippen LogP contribution in [0.15, 0.2) is 54.2 Å². The molecule has 158 valence electrons. The number of benzene rings is 2. The molecule has 2 aromatic rings. The lowest BCUT2D eigenvalue weighted by molar-refractivity contribution is -0.138. The van der Waals surface area contributed by atoms with Crippen molar-refractivity contribution in [3.63, 3.8) is 0 Å². The summed E-state index contributed by atoms with van der Waals surface area (Å²) in [6.45, 7) is 10.6. The normalized spacial score (nSPS) is 14.3. The summed E-state index contributed by atoms with van der Waals surface area (Å²) in [4.78, 5) is 27.5. The summed E-state index contributed by atoms with van der Waals surface area (Å²) in [5, 5.41) is 3.20. The molecule has 0 aliphatic carbocycles. The maximum absolute atomic E-state index is 13.1. The molecular weight excluding hydrogens is 376 g/mol. The second-order valence-corrected chi connectivity index (χ2v) is 8.23. The highest BCUT2D eigenvalue weighted by molar-refractivity contribution is 6.36. The van der Waals surface area contributed by atoms with Gasteiger partial charge in [-0.2, -0.15) is 0 Å². The first kappa shape index (κ1) is 21.6. The van der Waals surface area contributed by atoms with Gasteiger partial charge in [-0.3, -0.25) is 14.5 Å². The van der Waals surface area contributed by atoms with Crippen molar-refractivity contribution in [1.29, 1.82) is 0 Å². The second kappa shape index (κ2) is 9.16. The van der Waals surface area contributed by atoms with Crippen molar-refractivity contribution in [2.75, 3.05) is 11.9 Å². The summed E-state index contributed by atoms with van der Waals surface area (Å²) < 4.78 is 5.74. The second-order valence-electron chi connectivity index (χ2n) is 8.23. The molecule has 1 aliphatic heterocycles. The number of aryl methyl sites for hydroxylation is 1. The summed E-state index contributed by atoms with van der Waals surface area (Å²) in [6.07, 6.45) is 0.942. The molecule has 0 atom stereocenters. The number of carbonyl (C=O) groups excluding carboxylic acids is 2. The Hall–Kier alpha value is -3.08. The number of nitrogens with one attached hydrogen (secondary N) is 1. The lowest BCUT2D eigenvalue weighted by Gasteiger charge is -2.19. The summed E-state index contributed by atoms with van der Waals surface area (Å²) in [7, 11) is 0. The Kier molecular flexibility index (Phi) is 6.60. The van der Waals surface area contributed by atoms with E-state index in [1.54, 1.807) is 0 Å². The first-order chi connectivity index (χ1) is 14.3. The molecule has 30 heavy (non-hydrogen) atoms. The predicted molar refractivity (Wildman–Crippen MR) is 120 cm³/mol. The van der Waals surface area contributed by atoms with Gasteiger partial charge in [0.25, 0.3) is 11.8 Å². The summed E-state index contributed by atoms with van der Waals surface area (Å²) in [5.74, 6) is 0.592. The standard InChI is InChI=1S/C25H30N2O3/c1-6-18-7-11-20(12-8-18)26-23-22(24(28)27(17(4)5)25(23)29)19-9-13-21(14-10-19)30-15-16(2)3/h7-14,16-17,26H,6,15H2,1-5H3. The number of ether oxygens (including phenoxy) is 1. The monoisotopic (exact) mass is 406 g/mol. The fraction of sp³-hybridized carbons (Fsp3) is 0.360. The van der Waals surface area contributed by atoms with Gasteiger partial charge in [0.15, 0.2) is 0 Å². The minimum atomic E-state index is -0.301. The molecule has 3 rings (SSSR count). The topological polar surface area (TPSA) is 58.6 Å². The Morgan fingerprint density at radius 1 is 0.900 bits per heavy atom. The van der Waals surface area contributed by atoms with Crippen LogP contribution in [-0.4, -0.2) is 29.4 Å². The van der Waals surface area contributed by atoms with Crippen molar-refractivity contribution < 1.29 is 14.3 Å². The highest BCUT2D eigenvalue weighted by Gasteiger charge is 2.40. The minimum Gasteiger partial charge on any atom is -0.493 e. The van der Waals surface area contributed by atoms with Gasteiger partial charge in [-0.25, -0.2) is 0 Å². The maximum Gasteiger partial charge on any atom is 0.278 e. The summed E-state index contributed by atoms with van der Waals surface area (Å²) in [5.41, 5.74) is 3.39. The zero-order valence-electron chi connectivity index (χ0n) is 18.4. The van der Waals surface area contributed by atoms with E-state index in [4.69, 9.17) is 4.74 Å². The quantitative estimate of drug-likeness (QED) is 0.635. The molecule has 5 heteroatoms. The largest absolute Gasteiger partial charge is 0.493 e. The Morgan fingerprint density at radius 2 is 1.53 bits per heavy atom. The first-order valence-electron chi connectivity index (χ1n) is 10.5. The van der Waals surface area contributed by atoms with Crippen molar-refractivity contribution in [3.8, 4) is 5.75 Å². The molecular formula is C25H30N2O3. The first-order valence-corrected chi connectivity index (χ1v) is 10.5. The molecule has 2 aromatic carbocycles.